The summed E-state index contributed by atoms with van der Waals surface area (Å²) in [7, 11) is 1.93. The summed E-state index contributed by atoms with van der Waals surface area (Å²) in [4.78, 5) is 31.0. The molecule has 8 heteroatoms. The van der Waals surface area contributed by atoms with Crippen molar-refractivity contribution in [3.8, 4) is 0 Å². The van der Waals surface area contributed by atoms with Crippen LogP contribution in [0.1, 0.15) is 38.8 Å². The van der Waals surface area contributed by atoms with E-state index >= 15 is 0 Å². The molecule has 3 heterocycles. The summed E-state index contributed by atoms with van der Waals surface area (Å²) in [5.74, 6) is 0.812. The maximum Gasteiger partial charge on any atom is 0.264 e. The minimum atomic E-state index is -0.0934. The lowest BCUT2D eigenvalue weighted by Crippen LogP contribution is -2.49. The van der Waals surface area contributed by atoms with Gasteiger partial charge in [-0.3, -0.25) is 9.59 Å². The average molecular weight is 355 g/mol. The maximum atomic E-state index is 12.8. The van der Waals surface area contributed by atoms with Crippen molar-refractivity contribution in [3.63, 3.8) is 0 Å². The molecule has 6 nitrogen and oxygen atoms in total. The molecule has 0 bridgehead atoms. The lowest BCUT2D eigenvalue weighted by Gasteiger charge is -2.35. The number of nitrogens with zero attached hydrogens (tertiary/aromatic N) is 3. The number of halogens is 1. The number of hydrogen-bond acceptors (Lipinski definition) is 5. The van der Waals surface area contributed by atoms with Crippen LogP contribution in [0.4, 0.5) is 0 Å². The molecule has 1 atom stereocenters. The van der Waals surface area contributed by atoms with Gasteiger partial charge in [-0.15, -0.1) is 23.7 Å². The average Bonchev–Trinajstić information content (AvgIpc) is 3.15. The first-order chi connectivity index (χ1) is 10.6. The molecule has 1 aliphatic heterocycles. The number of rotatable bonds is 3. The van der Waals surface area contributed by atoms with E-state index < -0.39 is 0 Å². The lowest BCUT2D eigenvalue weighted by atomic mass is 10.1. The van der Waals surface area contributed by atoms with Gasteiger partial charge in [-0.05, 0) is 13.0 Å². The monoisotopic (exact) mass is 354 g/mol. The number of nitrogens with one attached hydrogen (secondary N) is 1. The minimum Gasteiger partial charge on any atom is -0.336 e. The van der Waals surface area contributed by atoms with E-state index in [1.807, 2.05) is 22.7 Å². The zero-order valence-corrected chi connectivity index (χ0v) is 14.6. The Morgan fingerprint density at radius 1 is 1.43 bits per heavy atom. The van der Waals surface area contributed by atoms with E-state index in [2.05, 4.69) is 10.3 Å². The molecular formula is C15H19ClN4O2S. The number of hydrogen-bond donors (Lipinski definition) is 1. The predicted molar refractivity (Wildman–Crippen MR) is 91.4 cm³/mol. The highest BCUT2D eigenvalue weighted by atomic mass is 35.5. The van der Waals surface area contributed by atoms with E-state index in [0.717, 1.165) is 12.4 Å². The van der Waals surface area contributed by atoms with E-state index in [1.54, 1.807) is 17.6 Å². The third kappa shape index (κ3) is 3.46. The van der Waals surface area contributed by atoms with E-state index in [4.69, 9.17) is 0 Å². The van der Waals surface area contributed by atoms with Gasteiger partial charge in [-0.25, -0.2) is 4.98 Å². The molecule has 1 saturated heterocycles. The molecule has 0 spiro atoms. The van der Waals surface area contributed by atoms with Crippen LogP contribution in [-0.4, -0.2) is 45.8 Å². The van der Waals surface area contributed by atoms with Crippen LogP contribution < -0.4 is 5.32 Å². The number of carbonyl (C=O) groups is 2. The highest BCUT2D eigenvalue weighted by molar-refractivity contribution is 7.12. The van der Waals surface area contributed by atoms with Gasteiger partial charge >= 0.3 is 0 Å². The number of aromatic nitrogens is 2. The third-order valence-electron chi connectivity index (χ3n) is 3.88. The van der Waals surface area contributed by atoms with E-state index in [0.29, 0.717) is 23.5 Å². The summed E-state index contributed by atoms with van der Waals surface area (Å²) in [5, 5.41) is 5.06. The van der Waals surface area contributed by atoms with Crippen molar-refractivity contribution in [2.24, 2.45) is 7.05 Å². The van der Waals surface area contributed by atoms with Gasteiger partial charge in [0.15, 0.2) is 5.78 Å². The molecule has 0 saturated carbocycles. The van der Waals surface area contributed by atoms with Gasteiger partial charge in [0.25, 0.3) is 5.91 Å². The van der Waals surface area contributed by atoms with Gasteiger partial charge in [0.2, 0.25) is 0 Å². The fourth-order valence-corrected chi connectivity index (χ4v) is 3.55. The largest absolute Gasteiger partial charge is 0.336 e. The van der Waals surface area contributed by atoms with E-state index in [-0.39, 0.29) is 30.1 Å². The molecule has 2 aromatic rings. The van der Waals surface area contributed by atoms with Crippen LogP contribution in [0.2, 0.25) is 0 Å². The first kappa shape index (κ1) is 17.7. The van der Waals surface area contributed by atoms with Crippen molar-refractivity contribution in [2.45, 2.75) is 13.0 Å². The molecule has 2 aromatic heterocycles. The lowest BCUT2D eigenvalue weighted by molar-refractivity contribution is 0.0626. The summed E-state index contributed by atoms with van der Waals surface area (Å²) >= 11 is 1.32. The number of Topliss-reactive ketones (excluding diaryl/α,β-unsaturated/α-hetero) is 1. The summed E-state index contributed by atoms with van der Waals surface area (Å²) in [6.45, 7) is 3.58. The number of amides is 1. The van der Waals surface area contributed by atoms with Gasteiger partial charge in [0, 0.05) is 50.0 Å². The van der Waals surface area contributed by atoms with Crippen molar-refractivity contribution in [3.05, 3.63) is 40.1 Å². The second-order valence-corrected chi connectivity index (χ2v) is 6.28. The molecule has 124 valence electrons. The molecule has 1 amide bonds. The van der Waals surface area contributed by atoms with Crippen LogP contribution in [0.3, 0.4) is 0 Å². The van der Waals surface area contributed by atoms with Crippen molar-refractivity contribution in [1.29, 1.82) is 0 Å². The van der Waals surface area contributed by atoms with Crippen molar-refractivity contribution in [1.82, 2.24) is 19.8 Å². The fourth-order valence-electron chi connectivity index (χ4n) is 2.65. The Balaban J connectivity index is 0.00000192. The normalized spacial score (nSPS) is 17.7. The molecule has 0 aliphatic carbocycles. The Kier molecular flexibility index (Phi) is 5.56. The van der Waals surface area contributed by atoms with Gasteiger partial charge in [0.05, 0.1) is 4.88 Å². The predicted octanol–water partition coefficient (Wildman–Crippen LogP) is 1.89. The molecular weight excluding hydrogens is 336 g/mol. The van der Waals surface area contributed by atoms with Crippen molar-refractivity contribution >= 4 is 35.4 Å². The second kappa shape index (κ2) is 7.25. The molecule has 0 aromatic carbocycles. The number of aryl methyl sites for hydroxylation is 1. The van der Waals surface area contributed by atoms with Crippen LogP contribution in [0.25, 0.3) is 0 Å². The van der Waals surface area contributed by atoms with Crippen LogP contribution in [-0.2, 0) is 7.05 Å². The SMILES string of the molecule is CC(=O)c1csc(C(=O)N2CCNCC2c2nccn2C)c1.Cl. The van der Waals surface area contributed by atoms with Crippen LogP contribution >= 0.6 is 23.7 Å². The van der Waals surface area contributed by atoms with Crippen molar-refractivity contribution < 1.29 is 9.59 Å². The maximum absolute atomic E-state index is 12.8. The Morgan fingerprint density at radius 2 is 2.22 bits per heavy atom. The highest BCUT2D eigenvalue weighted by Crippen LogP contribution is 2.25. The summed E-state index contributed by atoms with van der Waals surface area (Å²) < 4.78 is 1.94. The molecule has 3 rings (SSSR count). The number of imidazole rings is 1. The van der Waals surface area contributed by atoms with E-state index in [1.165, 1.54) is 18.3 Å². The Labute approximate surface area is 144 Å². The van der Waals surface area contributed by atoms with Crippen molar-refractivity contribution in [2.75, 3.05) is 19.6 Å². The standard InChI is InChI=1S/C15H18N4O2S.ClH/c1-10(20)11-7-13(22-9-11)15(21)19-6-3-16-8-12(19)14-17-4-5-18(14)2;/h4-5,7,9,12,16H,3,6,8H2,1-2H3;1H. The zero-order valence-electron chi connectivity index (χ0n) is 13.0. The summed E-state index contributed by atoms with van der Waals surface area (Å²) in [6, 6.07) is 1.59. The summed E-state index contributed by atoms with van der Waals surface area (Å²) in [6.07, 6.45) is 3.62. The zero-order chi connectivity index (χ0) is 15.7. The molecule has 1 N–H and O–H groups in total. The molecule has 0 radical (unpaired) electrons. The number of carbonyl (C=O) groups excluding carboxylic acids is 2. The second-order valence-electron chi connectivity index (χ2n) is 5.37. The van der Waals surface area contributed by atoms with Crippen LogP contribution in [0.5, 0.6) is 0 Å². The smallest absolute Gasteiger partial charge is 0.264 e. The Bertz CT molecular complexity index is 712. The molecule has 1 unspecified atom stereocenters. The first-order valence-electron chi connectivity index (χ1n) is 7.16. The molecule has 1 fully saturated rings. The van der Waals surface area contributed by atoms with Gasteiger partial charge < -0.3 is 14.8 Å². The van der Waals surface area contributed by atoms with Crippen LogP contribution in [0.15, 0.2) is 23.8 Å². The van der Waals surface area contributed by atoms with Crippen LogP contribution in [0, 0.1) is 0 Å². The van der Waals surface area contributed by atoms with E-state index in [9.17, 15) is 9.59 Å². The highest BCUT2D eigenvalue weighted by Gasteiger charge is 2.31. The number of ketones is 1. The topological polar surface area (TPSA) is 67.2 Å². The quantitative estimate of drug-likeness (QED) is 0.855. The van der Waals surface area contributed by atoms with Gasteiger partial charge in [0.1, 0.15) is 11.9 Å². The Morgan fingerprint density at radius 3 is 2.83 bits per heavy atom. The van der Waals surface area contributed by atoms with Gasteiger partial charge in [-0.2, -0.15) is 0 Å². The molecule has 1 aliphatic rings. The molecule has 23 heavy (non-hydrogen) atoms. The third-order valence-corrected chi connectivity index (χ3v) is 4.80. The fraction of sp³-hybridized carbons (Fsp3) is 0.400. The number of thiophene rings is 1. The Hall–Kier alpha value is -1.70. The number of piperazine rings is 1. The van der Waals surface area contributed by atoms with Gasteiger partial charge in [-0.1, -0.05) is 0 Å². The summed E-state index contributed by atoms with van der Waals surface area (Å²) in [5.41, 5.74) is 0.594. The first-order valence-corrected chi connectivity index (χ1v) is 8.04. The minimum absolute atomic E-state index is 0.